The molecule has 0 bridgehead atoms. The molecule has 0 aromatic carbocycles. The van der Waals surface area contributed by atoms with Gasteiger partial charge in [0.2, 0.25) is 0 Å². The fraction of sp³-hybridized carbons (Fsp3) is 0.979. The molecule has 0 aliphatic carbocycles. The van der Waals surface area contributed by atoms with E-state index in [0.29, 0.717) is 12.8 Å². The zero-order valence-electron chi connectivity index (χ0n) is 45.8. The highest BCUT2D eigenvalue weighted by Crippen LogP contribution is 2.37. The minimum Gasteiger partial charge on any atom is -0.356 e. The molecule has 408 valence electrons. The Kier molecular flexibility index (Phi) is 37.7. The number of carbonyl (C=O) groups excluding carboxylic acids is 1. The Morgan fingerprint density at radius 1 is 0.294 bits per heavy atom. The van der Waals surface area contributed by atoms with E-state index in [1.807, 2.05) is 0 Å². The number of rotatable bonds is 46. The SMILES string of the molecule is COC(C)OC(C)O[Si](OC(C)OC(C)OC)(OC(C)OC(C)OC)C(C)CCCCCCC(=O)CCCCCCC(C)[Si](OC(C)OC(C)OC)(OC(C)OC(C)OC)OC(C)OC(C)OC. The molecule has 0 heterocycles. The van der Waals surface area contributed by atoms with Crippen LogP contribution in [-0.4, -0.2) is 142 Å². The van der Waals surface area contributed by atoms with Crippen LogP contribution in [0, 0.1) is 0 Å². The van der Waals surface area contributed by atoms with Crippen LogP contribution in [0.25, 0.3) is 0 Å². The van der Waals surface area contributed by atoms with Gasteiger partial charge >= 0.3 is 17.6 Å². The summed E-state index contributed by atoms with van der Waals surface area (Å²) >= 11 is 0. The summed E-state index contributed by atoms with van der Waals surface area (Å²) in [6.45, 7) is 25.5. The van der Waals surface area contributed by atoms with E-state index < -0.39 is 93.1 Å². The molecule has 19 nitrogen and oxygen atoms in total. The minimum absolute atomic E-state index is 0.179. The molecule has 0 fully saturated rings. The summed E-state index contributed by atoms with van der Waals surface area (Å²) in [6, 6.07) is 0. The number of hydrogen-bond acceptors (Lipinski definition) is 19. The van der Waals surface area contributed by atoms with Gasteiger partial charge in [-0.15, -0.1) is 0 Å². The highest BCUT2D eigenvalue weighted by atomic mass is 28.4. The number of ether oxygens (including phenoxy) is 12. The van der Waals surface area contributed by atoms with Crippen LogP contribution >= 0.6 is 0 Å². The zero-order chi connectivity index (χ0) is 51.9. The van der Waals surface area contributed by atoms with Crippen molar-refractivity contribution >= 4 is 23.4 Å². The van der Waals surface area contributed by atoms with Crippen LogP contribution in [0.2, 0.25) is 11.1 Å². The van der Waals surface area contributed by atoms with Gasteiger partial charge in [-0.3, -0.25) is 4.79 Å². The third-order valence-electron chi connectivity index (χ3n) is 11.2. The molecule has 0 saturated heterocycles. The molecule has 0 aromatic heterocycles. The summed E-state index contributed by atoms with van der Waals surface area (Å²) in [5, 5.41) is 0. The average Bonchev–Trinajstić information content (AvgIpc) is 3.27. The van der Waals surface area contributed by atoms with Gasteiger partial charge in [0.15, 0.2) is 75.5 Å². The molecule has 21 heteroatoms. The monoisotopic (exact) mass is 1020 g/mol. The van der Waals surface area contributed by atoms with Crippen molar-refractivity contribution in [2.45, 2.75) is 261 Å². The summed E-state index contributed by atoms with van der Waals surface area (Å²) in [5.74, 6) is 0.283. The van der Waals surface area contributed by atoms with E-state index in [1.54, 1.807) is 126 Å². The van der Waals surface area contributed by atoms with E-state index in [9.17, 15) is 4.79 Å². The number of unbranched alkanes of at least 4 members (excludes halogenated alkanes) is 6. The molecule has 0 aliphatic rings. The number of methoxy groups -OCH3 is 6. The van der Waals surface area contributed by atoms with Crippen LogP contribution < -0.4 is 0 Å². The molecule has 0 aromatic rings. The minimum atomic E-state index is -3.64. The standard InChI is InChI=1S/C47H98O19Si2/c1-33(67(61-41(9)55-35(3)49-15,62-42(10)56-36(4)50-16)63-43(11)57-37(5)51-17)29-25-21-23-27-31-47(48)32-28-24-22-26-30-34(2)68(64-44(12)58-38(6)52-18,65-45(13)59-39(7)53-19)66-46(14)60-40(8)54-20/h33-46H,21-32H2,1-20H3. The average molecular weight is 1020 g/mol. The number of ketones is 1. The first-order chi connectivity index (χ1) is 32.0. The van der Waals surface area contributed by atoms with Gasteiger partial charge in [-0.1, -0.05) is 52.4 Å². The summed E-state index contributed by atoms with van der Waals surface area (Å²) in [5.41, 5.74) is -0.357. The van der Waals surface area contributed by atoms with E-state index >= 15 is 0 Å². The Morgan fingerprint density at radius 2 is 0.485 bits per heavy atom. The fourth-order valence-corrected chi connectivity index (χ4v) is 13.1. The zero-order valence-corrected chi connectivity index (χ0v) is 47.8. The second-order valence-electron chi connectivity index (χ2n) is 17.2. The Morgan fingerprint density at radius 3 is 0.676 bits per heavy atom. The van der Waals surface area contributed by atoms with Crippen molar-refractivity contribution in [3.8, 4) is 0 Å². The van der Waals surface area contributed by atoms with Gasteiger partial charge in [-0.2, -0.15) is 0 Å². The Bertz CT molecular complexity index is 1040. The first kappa shape index (κ1) is 67.4. The second kappa shape index (κ2) is 38.0. The third-order valence-corrected chi connectivity index (χ3v) is 18.1. The van der Waals surface area contributed by atoms with Crippen LogP contribution in [0.4, 0.5) is 0 Å². The van der Waals surface area contributed by atoms with Crippen LogP contribution in [0.15, 0.2) is 0 Å². The van der Waals surface area contributed by atoms with Crippen molar-refractivity contribution in [3.63, 3.8) is 0 Å². The third kappa shape index (κ3) is 29.8. The van der Waals surface area contributed by atoms with Crippen LogP contribution in [0.5, 0.6) is 0 Å². The molecule has 68 heavy (non-hydrogen) atoms. The molecular weight excluding hydrogens is 925 g/mol. The quantitative estimate of drug-likeness (QED) is 0.0318. The molecule has 14 atom stereocenters. The molecule has 14 unspecified atom stereocenters. The van der Waals surface area contributed by atoms with Crippen LogP contribution in [0.3, 0.4) is 0 Å². The van der Waals surface area contributed by atoms with E-state index in [1.165, 1.54) is 0 Å². The lowest BCUT2D eigenvalue weighted by molar-refractivity contribution is -0.255. The van der Waals surface area contributed by atoms with Crippen molar-refractivity contribution in [3.05, 3.63) is 0 Å². The van der Waals surface area contributed by atoms with E-state index in [-0.39, 0.29) is 16.9 Å². The number of hydrogen-bond donors (Lipinski definition) is 0. The molecule has 0 saturated carbocycles. The Hall–Kier alpha value is -0.616. The summed E-state index contributed by atoms with van der Waals surface area (Å²) in [6.07, 6.45) is 2.15. The van der Waals surface area contributed by atoms with Gasteiger partial charge in [0.25, 0.3) is 0 Å². The van der Waals surface area contributed by atoms with Gasteiger partial charge in [-0.25, -0.2) is 0 Å². The first-order valence-corrected chi connectivity index (χ1v) is 28.3. The number of Topliss-reactive ketones (excluding diaryl/α,β-unsaturated/α-hetero) is 1. The highest BCUT2D eigenvalue weighted by Gasteiger charge is 2.53. The lowest BCUT2D eigenvalue weighted by Gasteiger charge is -2.40. The molecule has 0 spiro atoms. The molecule has 0 aliphatic heterocycles. The van der Waals surface area contributed by atoms with E-state index in [4.69, 9.17) is 83.4 Å². The maximum atomic E-state index is 13.0. The lowest BCUT2D eigenvalue weighted by atomic mass is 10.0. The largest absolute Gasteiger partial charge is 0.509 e. The smallest absolute Gasteiger partial charge is 0.356 e. The fourth-order valence-electron chi connectivity index (χ4n) is 7.10. The van der Waals surface area contributed by atoms with Gasteiger partial charge in [-0.05, 0) is 109 Å². The van der Waals surface area contributed by atoms with Gasteiger partial charge < -0.3 is 83.4 Å². The first-order valence-electron chi connectivity index (χ1n) is 24.7. The summed E-state index contributed by atoms with van der Waals surface area (Å²) < 4.78 is 107. The highest BCUT2D eigenvalue weighted by molar-refractivity contribution is 6.62. The molecular formula is C47H98O19Si2. The van der Waals surface area contributed by atoms with Crippen molar-refractivity contribution < 1.29 is 88.2 Å². The van der Waals surface area contributed by atoms with E-state index in [2.05, 4.69) is 13.8 Å². The van der Waals surface area contributed by atoms with Crippen molar-refractivity contribution in [2.75, 3.05) is 42.7 Å². The summed E-state index contributed by atoms with van der Waals surface area (Å²) in [4.78, 5) is 13.0. The van der Waals surface area contributed by atoms with Gasteiger partial charge in [0.05, 0.1) is 0 Å². The van der Waals surface area contributed by atoms with Crippen LogP contribution in [0.1, 0.15) is 174 Å². The van der Waals surface area contributed by atoms with Crippen molar-refractivity contribution in [1.29, 1.82) is 0 Å². The second-order valence-corrected chi connectivity index (χ2v) is 23.0. The van der Waals surface area contributed by atoms with Gasteiger partial charge in [0.1, 0.15) is 5.78 Å². The van der Waals surface area contributed by atoms with E-state index in [0.717, 1.165) is 64.2 Å². The Balaban J connectivity index is 5.51. The van der Waals surface area contributed by atoms with Crippen molar-refractivity contribution in [1.82, 2.24) is 0 Å². The van der Waals surface area contributed by atoms with Crippen LogP contribution in [-0.2, 0) is 88.2 Å². The molecule has 0 N–H and O–H groups in total. The topological polar surface area (TPSA) is 183 Å². The maximum Gasteiger partial charge on any atom is 0.509 e. The normalized spacial score (nSPS) is 20.4. The Labute approximate surface area is 413 Å². The maximum absolute atomic E-state index is 13.0. The van der Waals surface area contributed by atoms with Crippen molar-refractivity contribution in [2.24, 2.45) is 0 Å². The van der Waals surface area contributed by atoms with Gasteiger partial charge in [0, 0.05) is 66.6 Å². The predicted molar refractivity (Wildman–Crippen MR) is 259 cm³/mol. The number of carbonyl (C=O) groups is 1. The predicted octanol–water partition coefficient (Wildman–Crippen LogP) is 10.1. The molecule has 0 amide bonds. The molecule has 0 rings (SSSR count). The molecule has 0 radical (unpaired) electrons. The summed E-state index contributed by atoms with van der Waals surface area (Å²) in [7, 11) is 2.10. The lowest BCUT2D eigenvalue weighted by Crippen LogP contribution is -2.56.